The minimum absolute atomic E-state index is 0.533. The summed E-state index contributed by atoms with van der Waals surface area (Å²) in [5, 5.41) is 6.93. The molecule has 1 heterocycles. The lowest BCUT2D eigenvalue weighted by molar-refractivity contribution is 0.441. The van der Waals surface area contributed by atoms with Crippen LogP contribution in [0.25, 0.3) is 0 Å². The van der Waals surface area contributed by atoms with E-state index < -0.39 is 0 Å². The third-order valence-electron chi connectivity index (χ3n) is 3.35. The number of hydrogen-bond acceptors (Lipinski definition) is 3. The van der Waals surface area contributed by atoms with Crippen molar-refractivity contribution in [1.29, 1.82) is 0 Å². The van der Waals surface area contributed by atoms with E-state index in [4.69, 9.17) is 0 Å². The molecule has 2 aromatic rings. The first-order valence-electron chi connectivity index (χ1n) is 7.32. The second-order valence-electron chi connectivity index (χ2n) is 5.68. The summed E-state index contributed by atoms with van der Waals surface area (Å²) in [6, 6.07) is 11.3. The van der Waals surface area contributed by atoms with Gasteiger partial charge in [0.05, 0.1) is 10.7 Å². The van der Waals surface area contributed by atoms with Gasteiger partial charge >= 0.3 is 0 Å². The highest BCUT2D eigenvalue weighted by Gasteiger charge is 2.13. The van der Waals surface area contributed by atoms with Gasteiger partial charge in [0.2, 0.25) is 0 Å². The van der Waals surface area contributed by atoms with Crippen molar-refractivity contribution < 1.29 is 0 Å². The van der Waals surface area contributed by atoms with E-state index in [1.807, 2.05) is 0 Å². The van der Waals surface area contributed by atoms with Gasteiger partial charge in [-0.3, -0.25) is 0 Å². The van der Waals surface area contributed by atoms with Crippen molar-refractivity contribution in [3.8, 4) is 0 Å². The van der Waals surface area contributed by atoms with Crippen LogP contribution in [0.1, 0.15) is 30.1 Å². The van der Waals surface area contributed by atoms with Gasteiger partial charge < -0.3 is 5.32 Å². The third kappa shape index (κ3) is 5.06. The fourth-order valence-electron chi connectivity index (χ4n) is 2.36. The molecule has 0 saturated carbocycles. The summed E-state index contributed by atoms with van der Waals surface area (Å²) in [5.74, 6) is 0.598. The van der Waals surface area contributed by atoms with Gasteiger partial charge in [0.1, 0.15) is 0 Å². The molecule has 2 rings (SSSR count). The van der Waals surface area contributed by atoms with Crippen molar-refractivity contribution in [2.24, 2.45) is 5.92 Å². The lowest BCUT2D eigenvalue weighted by Crippen LogP contribution is -2.31. The maximum Gasteiger partial charge on any atom is 0.0897 e. The van der Waals surface area contributed by atoms with Gasteiger partial charge in [-0.15, -0.1) is 11.3 Å². The van der Waals surface area contributed by atoms with Crippen molar-refractivity contribution in [3.05, 3.63) is 52.0 Å². The first-order chi connectivity index (χ1) is 9.63. The predicted octanol–water partition coefficient (Wildman–Crippen LogP) is 3.85. The molecule has 0 aliphatic heterocycles. The number of hydrogen-bond donors (Lipinski definition) is 1. The smallest absolute Gasteiger partial charge is 0.0897 e. The molecule has 0 spiro atoms. The van der Waals surface area contributed by atoms with Crippen LogP contribution in [0.15, 0.2) is 35.7 Å². The van der Waals surface area contributed by atoms with Crippen LogP contribution < -0.4 is 5.32 Å². The molecule has 1 aromatic carbocycles. The van der Waals surface area contributed by atoms with Crippen LogP contribution in [0.3, 0.4) is 0 Å². The molecule has 1 unspecified atom stereocenters. The largest absolute Gasteiger partial charge is 0.314 e. The Kier molecular flexibility index (Phi) is 5.74. The SMILES string of the molecule is Cc1nc(CC(CNC(C)C)Cc2ccccc2)cs1. The first kappa shape index (κ1) is 15.2. The standard InChI is InChI=1S/C17H24N2S/c1-13(2)18-11-16(9-15-7-5-4-6-8-15)10-17-12-20-14(3)19-17/h4-8,12-13,16,18H,9-11H2,1-3H3. The van der Waals surface area contributed by atoms with Crippen LogP contribution in [-0.4, -0.2) is 17.6 Å². The topological polar surface area (TPSA) is 24.9 Å². The molecule has 0 amide bonds. The van der Waals surface area contributed by atoms with E-state index in [1.54, 1.807) is 11.3 Å². The summed E-state index contributed by atoms with van der Waals surface area (Å²) in [5.41, 5.74) is 2.65. The van der Waals surface area contributed by atoms with Crippen molar-refractivity contribution in [2.75, 3.05) is 6.54 Å². The molecule has 3 heteroatoms. The molecule has 0 fully saturated rings. The zero-order chi connectivity index (χ0) is 14.4. The minimum atomic E-state index is 0.533. The zero-order valence-electron chi connectivity index (χ0n) is 12.6. The van der Waals surface area contributed by atoms with Gasteiger partial charge in [0.15, 0.2) is 0 Å². The number of rotatable bonds is 7. The van der Waals surface area contributed by atoms with Crippen LogP contribution in [-0.2, 0) is 12.8 Å². The molecular formula is C17H24N2S. The molecule has 0 bridgehead atoms. The number of aromatic nitrogens is 1. The van der Waals surface area contributed by atoms with Crippen LogP contribution in [0.2, 0.25) is 0 Å². The first-order valence-corrected chi connectivity index (χ1v) is 8.19. The zero-order valence-corrected chi connectivity index (χ0v) is 13.4. The molecule has 1 atom stereocenters. The van der Waals surface area contributed by atoms with Crippen LogP contribution >= 0.6 is 11.3 Å². The van der Waals surface area contributed by atoms with Gasteiger partial charge in [-0.1, -0.05) is 44.2 Å². The second-order valence-corrected chi connectivity index (χ2v) is 6.74. The van der Waals surface area contributed by atoms with E-state index in [0.717, 1.165) is 24.4 Å². The summed E-state index contributed by atoms with van der Waals surface area (Å²) in [7, 11) is 0. The van der Waals surface area contributed by atoms with Crippen LogP contribution in [0.4, 0.5) is 0 Å². The maximum absolute atomic E-state index is 4.61. The quantitative estimate of drug-likeness (QED) is 0.837. The number of nitrogens with one attached hydrogen (secondary N) is 1. The monoisotopic (exact) mass is 288 g/mol. The molecule has 0 radical (unpaired) electrons. The van der Waals surface area contributed by atoms with Crippen molar-refractivity contribution in [2.45, 2.75) is 39.7 Å². The van der Waals surface area contributed by atoms with E-state index in [1.165, 1.54) is 11.3 Å². The Morgan fingerprint density at radius 2 is 1.90 bits per heavy atom. The van der Waals surface area contributed by atoms with Crippen LogP contribution in [0.5, 0.6) is 0 Å². The summed E-state index contributed by atoms with van der Waals surface area (Å²) in [6.45, 7) is 7.52. The van der Waals surface area contributed by atoms with Crippen molar-refractivity contribution in [1.82, 2.24) is 10.3 Å². The predicted molar refractivity (Wildman–Crippen MR) is 87.3 cm³/mol. The van der Waals surface area contributed by atoms with Crippen LogP contribution in [0, 0.1) is 12.8 Å². The van der Waals surface area contributed by atoms with E-state index >= 15 is 0 Å². The van der Waals surface area contributed by atoms with Gasteiger partial charge in [0, 0.05) is 11.4 Å². The summed E-state index contributed by atoms with van der Waals surface area (Å²) >= 11 is 1.75. The molecule has 20 heavy (non-hydrogen) atoms. The van der Waals surface area contributed by atoms with Gasteiger partial charge in [-0.2, -0.15) is 0 Å². The van der Waals surface area contributed by atoms with Gasteiger partial charge in [-0.05, 0) is 37.8 Å². The summed E-state index contributed by atoms with van der Waals surface area (Å²) in [4.78, 5) is 4.61. The minimum Gasteiger partial charge on any atom is -0.314 e. The average molecular weight is 288 g/mol. The van der Waals surface area contributed by atoms with Gasteiger partial charge in [-0.25, -0.2) is 4.98 Å². The number of thiazole rings is 1. The normalized spacial score (nSPS) is 12.8. The average Bonchev–Trinajstić information content (AvgIpc) is 2.82. The Hall–Kier alpha value is -1.19. The fraction of sp³-hybridized carbons (Fsp3) is 0.471. The maximum atomic E-state index is 4.61. The lowest BCUT2D eigenvalue weighted by atomic mass is 9.94. The lowest BCUT2D eigenvalue weighted by Gasteiger charge is -2.18. The molecule has 0 aliphatic carbocycles. The molecule has 1 aromatic heterocycles. The van der Waals surface area contributed by atoms with E-state index in [2.05, 4.69) is 66.8 Å². The van der Waals surface area contributed by atoms with Crippen molar-refractivity contribution in [3.63, 3.8) is 0 Å². The Balaban J connectivity index is 2.00. The molecule has 0 aliphatic rings. The third-order valence-corrected chi connectivity index (χ3v) is 4.17. The second kappa shape index (κ2) is 7.55. The molecule has 0 saturated heterocycles. The highest BCUT2D eigenvalue weighted by Crippen LogP contribution is 2.16. The Bertz CT molecular complexity index is 505. The molecule has 1 N–H and O–H groups in total. The Morgan fingerprint density at radius 1 is 1.15 bits per heavy atom. The highest BCUT2D eigenvalue weighted by atomic mass is 32.1. The highest BCUT2D eigenvalue weighted by molar-refractivity contribution is 7.09. The van der Waals surface area contributed by atoms with E-state index in [0.29, 0.717) is 12.0 Å². The molecule has 2 nitrogen and oxygen atoms in total. The summed E-state index contributed by atoms with van der Waals surface area (Å²) in [6.07, 6.45) is 2.16. The summed E-state index contributed by atoms with van der Waals surface area (Å²) < 4.78 is 0. The number of nitrogens with zero attached hydrogens (tertiary/aromatic N) is 1. The fourth-order valence-corrected chi connectivity index (χ4v) is 2.99. The van der Waals surface area contributed by atoms with Crippen molar-refractivity contribution >= 4 is 11.3 Å². The van der Waals surface area contributed by atoms with E-state index in [-0.39, 0.29) is 0 Å². The molecular weight excluding hydrogens is 264 g/mol. The Labute approximate surface area is 126 Å². The molecule has 108 valence electrons. The number of benzene rings is 1. The van der Waals surface area contributed by atoms with Gasteiger partial charge in [0.25, 0.3) is 0 Å². The van der Waals surface area contributed by atoms with E-state index in [9.17, 15) is 0 Å². The number of aryl methyl sites for hydroxylation is 1. The Morgan fingerprint density at radius 3 is 2.50 bits per heavy atom.